The van der Waals surface area contributed by atoms with Crippen molar-refractivity contribution in [3.63, 3.8) is 0 Å². The minimum absolute atomic E-state index is 0.0194. The first-order valence-electron chi connectivity index (χ1n) is 12.9. The molecule has 8 heteroatoms. The Hall–Kier alpha value is -4.56. The molecule has 0 saturated carbocycles. The monoisotopic (exact) mass is 525 g/mol. The number of carbonyl (C=O) groups is 1. The first kappa shape index (κ1) is 27.5. The van der Waals surface area contributed by atoms with Crippen LogP contribution < -0.4 is 10.2 Å². The van der Waals surface area contributed by atoms with E-state index in [2.05, 4.69) is 10.1 Å². The first-order chi connectivity index (χ1) is 19.0. The molecule has 3 N–H and O–H groups in total. The van der Waals surface area contributed by atoms with Crippen LogP contribution >= 0.6 is 0 Å². The number of quaternary nitrogens is 1. The maximum atomic E-state index is 12.5. The van der Waals surface area contributed by atoms with Crippen molar-refractivity contribution in [2.75, 3.05) is 13.2 Å². The molecule has 0 amide bonds. The molecule has 0 atom stereocenters. The van der Waals surface area contributed by atoms with E-state index in [1.807, 2.05) is 91.9 Å². The zero-order valence-electron chi connectivity index (χ0n) is 22.2. The third-order valence-electron chi connectivity index (χ3n) is 5.97. The van der Waals surface area contributed by atoms with Gasteiger partial charge < -0.3 is 19.3 Å². The molecule has 0 fully saturated rings. The van der Waals surface area contributed by atoms with Gasteiger partial charge in [-0.2, -0.15) is 0 Å². The van der Waals surface area contributed by atoms with Gasteiger partial charge in [0.25, 0.3) is 0 Å². The number of hydrogen-bond donors (Lipinski definition) is 2. The molecular formula is C31H33N4O4+. The van der Waals surface area contributed by atoms with E-state index < -0.39 is 5.97 Å². The van der Waals surface area contributed by atoms with Gasteiger partial charge in [0.15, 0.2) is 0 Å². The molecule has 0 saturated heterocycles. The van der Waals surface area contributed by atoms with Gasteiger partial charge in [0.05, 0.1) is 24.6 Å². The lowest BCUT2D eigenvalue weighted by atomic mass is 10.1. The van der Waals surface area contributed by atoms with E-state index in [0.717, 1.165) is 28.1 Å². The molecule has 4 rings (SSSR count). The summed E-state index contributed by atoms with van der Waals surface area (Å²) in [5.41, 5.74) is 5.52. The van der Waals surface area contributed by atoms with Crippen molar-refractivity contribution < 1.29 is 24.1 Å². The minimum atomic E-state index is -0.592. The van der Waals surface area contributed by atoms with Crippen LogP contribution in [0.4, 0.5) is 0 Å². The average molecular weight is 526 g/mol. The third-order valence-corrected chi connectivity index (χ3v) is 5.97. The van der Waals surface area contributed by atoms with E-state index in [-0.39, 0.29) is 24.5 Å². The number of nitrogens with two attached hydrogens (primary N) is 1. The Morgan fingerprint density at radius 2 is 1.67 bits per heavy atom. The summed E-state index contributed by atoms with van der Waals surface area (Å²) in [6.45, 7) is 4.87. The highest BCUT2D eigenvalue weighted by Crippen LogP contribution is 2.22. The number of aryl methyl sites for hydroxylation is 1. The summed E-state index contributed by atoms with van der Waals surface area (Å²) in [7, 11) is 0. The lowest BCUT2D eigenvalue weighted by molar-refractivity contribution is -0.676. The predicted molar refractivity (Wildman–Crippen MR) is 150 cm³/mol. The van der Waals surface area contributed by atoms with Crippen LogP contribution in [0.3, 0.4) is 0 Å². The number of nitrogens with zero attached hydrogens (tertiary/aromatic N) is 2. The van der Waals surface area contributed by atoms with E-state index >= 15 is 0 Å². The fourth-order valence-corrected chi connectivity index (χ4v) is 3.93. The van der Waals surface area contributed by atoms with Crippen LogP contribution in [-0.2, 0) is 28.9 Å². The number of nitrogens with one attached hydrogen (secondary N) is 1. The topological polar surface area (TPSA) is 114 Å². The molecule has 4 aromatic rings. The number of carbonyl (C=O) groups excluding carboxylic acids is 1. The standard InChI is InChI=1S/C31H32N4O4/c1-3-37-31(36)29(35-33-21-24-10-6-4-7-11-24)27(32)20-23-14-16-26(17-15-23)38-19-18-28-22(2)39-30(34-28)25-12-8-5-9-13-25/h4-17,32-33H,3,18-21H2,1-2H3/p+1/b32-27?,35-29+. The molecule has 1 heterocycles. The zero-order chi connectivity index (χ0) is 27.5. The smallest absolute Gasteiger partial charge is 0.364 e. The van der Waals surface area contributed by atoms with Gasteiger partial charge in [0, 0.05) is 24.0 Å². The van der Waals surface area contributed by atoms with Gasteiger partial charge in [0.1, 0.15) is 18.1 Å². The van der Waals surface area contributed by atoms with Crippen molar-refractivity contribution in [3.05, 3.63) is 108 Å². The second-order valence-electron chi connectivity index (χ2n) is 8.86. The van der Waals surface area contributed by atoms with E-state index in [4.69, 9.17) is 19.3 Å². The maximum absolute atomic E-state index is 12.5. The van der Waals surface area contributed by atoms with Gasteiger partial charge in [-0.3, -0.25) is 0 Å². The summed E-state index contributed by atoms with van der Waals surface area (Å²) < 4.78 is 16.9. The summed E-state index contributed by atoms with van der Waals surface area (Å²) in [4.78, 5) is 17.1. The van der Waals surface area contributed by atoms with Crippen LogP contribution in [0.1, 0.15) is 29.5 Å². The fourth-order valence-electron chi connectivity index (χ4n) is 3.93. The van der Waals surface area contributed by atoms with Crippen molar-refractivity contribution >= 4 is 17.4 Å². The number of rotatable bonds is 13. The molecule has 8 nitrogen and oxygen atoms in total. The number of hydrogen-bond acceptors (Lipinski definition) is 7. The molecule has 0 radical (unpaired) electrons. The Kier molecular flexibility index (Phi) is 9.74. The lowest BCUT2D eigenvalue weighted by Gasteiger charge is -2.09. The van der Waals surface area contributed by atoms with Gasteiger partial charge >= 0.3 is 5.97 Å². The SMILES string of the molecule is CCOC(=O)/C(=N/[NH2+]Cc1ccccc1)C(=N)Cc1ccc(OCCc2nc(-c3ccccc3)oc2C)cc1. The van der Waals surface area contributed by atoms with Crippen LogP contribution in [0.15, 0.2) is 94.4 Å². The normalized spacial score (nSPS) is 11.3. The molecule has 200 valence electrons. The van der Waals surface area contributed by atoms with Gasteiger partial charge in [-0.05, 0) is 43.7 Å². The average Bonchev–Trinajstić information content (AvgIpc) is 3.33. The molecule has 0 bridgehead atoms. The highest BCUT2D eigenvalue weighted by Gasteiger charge is 2.21. The van der Waals surface area contributed by atoms with Crippen LogP contribution in [0, 0.1) is 12.3 Å². The summed E-state index contributed by atoms with van der Waals surface area (Å²) >= 11 is 0. The van der Waals surface area contributed by atoms with Crippen molar-refractivity contribution in [1.82, 2.24) is 4.98 Å². The Morgan fingerprint density at radius 1 is 0.974 bits per heavy atom. The number of ether oxygens (including phenoxy) is 2. The summed E-state index contributed by atoms with van der Waals surface area (Å²) in [6, 6.07) is 27.1. The molecule has 0 spiro atoms. The van der Waals surface area contributed by atoms with E-state index in [1.54, 1.807) is 12.3 Å². The molecule has 0 aliphatic rings. The molecule has 39 heavy (non-hydrogen) atoms. The quantitative estimate of drug-likeness (QED) is 0.115. The molecular weight excluding hydrogens is 492 g/mol. The van der Waals surface area contributed by atoms with Crippen LogP contribution in [0.5, 0.6) is 5.75 Å². The van der Waals surface area contributed by atoms with Crippen molar-refractivity contribution in [2.24, 2.45) is 5.10 Å². The van der Waals surface area contributed by atoms with Crippen LogP contribution in [-0.4, -0.2) is 35.6 Å². The highest BCUT2D eigenvalue weighted by atomic mass is 16.5. The number of benzene rings is 3. The molecule has 1 aromatic heterocycles. The zero-order valence-corrected chi connectivity index (χ0v) is 22.2. The van der Waals surface area contributed by atoms with Crippen LogP contribution in [0.25, 0.3) is 11.5 Å². The number of esters is 1. The third kappa shape index (κ3) is 7.96. The van der Waals surface area contributed by atoms with Gasteiger partial charge in [-0.15, -0.1) is 0 Å². The van der Waals surface area contributed by atoms with Gasteiger partial charge in [-0.25, -0.2) is 15.2 Å². The Morgan fingerprint density at radius 3 is 2.36 bits per heavy atom. The maximum Gasteiger partial charge on any atom is 0.364 e. The predicted octanol–water partition coefficient (Wildman–Crippen LogP) is 4.52. The second-order valence-corrected chi connectivity index (χ2v) is 8.86. The van der Waals surface area contributed by atoms with E-state index in [0.29, 0.717) is 31.2 Å². The molecule has 0 aliphatic carbocycles. The van der Waals surface area contributed by atoms with Gasteiger partial charge in [0.2, 0.25) is 11.6 Å². The molecule has 0 unspecified atom stereocenters. The summed E-state index contributed by atoms with van der Waals surface area (Å²) in [6.07, 6.45) is 0.866. The molecule has 3 aromatic carbocycles. The minimum Gasteiger partial charge on any atom is -0.493 e. The van der Waals surface area contributed by atoms with Crippen LogP contribution in [0.2, 0.25) is 0 Å². The first-order valence-corrected chi connectivity index (χ1v) is 12.9. The van der Waals surface area contributed by atoms with E-state index in [9.17, 15) is 4.79 Å². The second kappa shape index (κ2) is 13.8. The Balaban J connectivity index is 1.31. The highest BCUT2D eigenvalue weighted by molar-refractivity contribution is 6.65. The van der Waals surface area contributed by atoms with Gasteiger partial charge in [-0.1, -0.05) is 65.8 Å². The Bertz CT molecular complexity index is 1400. The fraction of sp³-hybridized carbons (Fsp3) is 0.226. The number of oxazole rings is 1. The largest absolute Gasteiger partial charge is 0.493 e. The van der Waals surface area contributed by atoms with E-state index in [1.165, 1.54) is 0 Å². The van der Waals surface area contributed by atoms with Crippen molar-refractivity contribution in [3.8, 4) is 17.2 Å². The summed E-state index contributed by atoms with van der Waals surface area (Å²) in [5, 5.41) is 12.8. The number of aromatic nitrogens is 1. The molecule has 0 aliphatic heterocycles. The lowest BCUT2D eigenvalue weighted by Crippen LogP contribution is -2.77. The van der Waals surface area contributed by atoms with Crippen molar-refractivity contribution in [1.29, 1.82) is 5.41 Å². The Labute approximate surface area is 228 Å². The summed E-state index contributed by atoms with van der Waals surface area (Å²) in [5.74, 6) is 1.51. The van der Waals surface area contributed by atoms with Crippen molar-refractivity contribution in [2.45, 2.75) is 33.2 Å².